The van der Waals surface area contributed by atoms with E-state index in [0.29, 0.717) is 18.8 Å². The minimum atomic E-state index is 0.000361. The summed E-state index contributed by atoms with van der Waals surface area (Å²) in [4.78, 5) is 23.4. The standard InChI is InChI=1S/C13H14N4O/c18-13-10-3-5-15-8-11(10)16-12(17-13)6-9-2-1-4-14-7-9/h1-2,4,7,15H,3,5-6,8H2,(H,16,17,18). The number of hydrogen-bond acceptors (Lipinski definition) is 4. The minimum Gasteiger partial charge on any atom is -0.311 e. The molecule has 2 aromatic heterocycles. The topological polar surface area (TPSA) is 70.7 Å². The summed E-state index contributed by atoms with van der Waals surface area (Å²) in [6.07, 6.45) is 4.88. The molecular formula is C13H14N4O. The highest BCUT2D eigenvalue weighted by Crippen LogP contribution is 2.08. The average Bonchev–Trinajstić information content (AvgIpc) is 2.40. The predicted octanol–water partition coefficient (Wildman–Crippen LogP) is 0.401. The summed E-state index contributed by atoms with van der Waals surface area (Å²) < 4.78 is 0. The van der Waals surface area contributed by atoms with Gasteiger partial charge in [0.15, 0.2) is 0 Å². The fraction of sp³-hybridized carbons (Fsp3) is 0.308. The maximum absolute atomic E-state index is 11.9. The normalized spacial score (nSPS) is 14.2. The zero-order valence-corrected chi connectivity index (χ0v) is 9.94. The summed E-state index contributed by atoms with van der Waals surface area (Å²) in [5, 5.41) is 3.23. The van der Waals surface area contributed by atoms with Crippen LogP contribution in [0.15, 0.2) is 29.3 Å². The first-order valence-corrected chi connectivity index (χ1v) is 6.03. The zero-order valence-electron chi connectivity index (χ0n) is 9.94. The van der Waals surface area contributed by atoms with Crippen molar-refractivity contribution in [3.05, 3.63) is 57.5 Å². The Bertz CT molecular complexity index is 606. The Kier molecular flexibility index (Phi) is 2.90. The lowest BCUT2D eigenvalue weighted by molar-refractivity contribution is 0.612. The summed E-state index contributed by atoms with van der Waals surface area (Å²) in [6.45, 7) is 1.53. The second-order valence-corrected chi connectivity index (χ2v) is 4.40. The monoisotopic (exact) mass is 242 g/mol. The number of rotatable bonds is 2. The van der Waals surface area contributed by atoms with E-state index in [2.05, 4.69) is 20.3 Å². The van der Waals surface area contributed by atoms with Crippen LogP contribution in [0.5, 0.6) is 0 Å². The van der Waals surface area contributed by atoms with Gasteiger partial charge in [-0.3, -0.25) is 9.78 Å². The van der Waals surface area contributed by atoms with Gasteiger partial charge in [0, 0.05) is 30.9 Å². The number of hydrogen-bond donors (Lipinski definition) is 2. The van der Waals surface area contributed by atoms with Gasteiger partial charge < -0.3 is 10.3 Å². The van der Waals surface area contributed by atoms with Crippen molar-refractivity contribution >= 4 is 0 Å². The van der Waals surface area contributed by atoms with Crippen molar-refractivity contribution in [1.29, 1.82) is 0 Å². The molecule has 3 rings (SSSR count). The third-order valence-electron chi connectivity index (χ3n) is 3.09. The molecule has 0 spiro atoms. The molecule has 0 fully saturated rings. The molecule has 0 radical (unpaired) electrons. The van der Waals surface area contributed by atoms with Gasteiger partial charge in [-0.15, -0.1) is 0 Å². The molecule has 0 unspecified atom stereocenters. The van der Waals surface area contributed by atoms with Gasteiger partial charge >= 0.3 is 0 Å². The zero-order chi connectivity index (χ0) is 12.4. The van der Waals surface area contributed by atoms with Crippen LogP contribution in [0.4, 0.5) is 0 Å². The van der Waals surface area contributed by atoms with Crippen molar-refractivity contribution in [2.24, 2.45) is 0 Å². The first kappa shape index (κ1) is 11.1. The number of pyridine rings is 1. The molecule has 0 aliphatic carbocycles. The molecule has 92 valence electrons. The molecule has 5 nitrogen and oxygen atoms in total. The molecule has 0 amide bonds. The van der Waals surface area contributed by atoms with Crippen molar-refractivity contribution in [3.63, 3.8) is 0 Å². The predicted molar refractivity (Wildman–Crippen MR) is 67.3 cm³/mol. The largest absolute Gasteiger partial charge is 0.311 e. The van der Waals surface area contributed by atoms with Crippen LogP contribution in [0.3, 0.4) is 0 Å². The highest BCUT2D eigenvalue weighted by molar-refractivity contribution is 5.22. The van der Waals surface area contributed by atoms with Gasteiger partial charge in [-0.2, -0.15) is 0 Å². The van der Waals surface area contributed by atoms with Crippen LogP contribution in [0.2, 0.25) is 0 Å². The Hall–Kier alpha value is -2.01. The van der Waals surface area contributed by atoms with E-state index >= 15 is 0 Å². The fourth-order valence-corrected chi connectivity index (χ4v) is 2.20. The van der Waals surface area contributed by atoms with Crippen LogP contribution in [-0.2, 0) is 19.4 Å². The number of aromatic amines is 1. The lowest BCUT2D eigenvalue weighted by Crippen LogP contribution is -2.31. The van der Waals surface area contributed by atoms with E-state index in [0.717, 1.165) is 29.8 Å². The first-order valence-electron chi connectivity index (χ1n) is 6.03. The smallest absolute Gasteiger partial charge is 0.254 e. The molecule has 2 aromatic rings. The van der Waals surface area contributed by atoms with Gasteiger partial charge in [0.2, 0.25) is 0 Å². The third kappa shape index (κ3) is 2.17. The maximum atomic E-state index is 11.9. The molecule has 2 N–H and O–H groups in total. The summed E-state index contributed by atoms with van der Waals surface area (Å²) in [5.41, 5.74) is 2.75. The second kappa shape index (κ2) is 4.70. The van der Waals surface area contributed by atoms with Crippen molar-refractivity contribution in [2.75, 3.05) is 6.54 Å². The summed E-state index contributed by atoms with van der Waals surface area (Å²) in [5.74, 6) is 0.704. The van der Waals surface area contributed by atoms with Gasteiger partial charge in [-0.05, 0) is 24.6 Å². The van der Waals surface area contributed by atoms with Crippen LogP contribution in [0.1, 0.15) is 22.6 Å². The van der Waals surface area contributed by atoms with Crippen LogP contribution in [0, 0.1) is 0 Å². The van der Waals surface area contributed by atoms with Gasteiger partial charge in [-0.25, -0.2) is 4.98 Å². The van der Waals surface area contributed by atoms with Gasteiger partial charge in [0.25, 0.3) is 5.56 Å². The van der Waals surface area contributed by atoms with Crippen molar-refractivity contribution in [3.8, 4) is 0 Å². The molecule has 1 aliphatic rings. The molecule has 0 aromatic carbocycles. The molecule has 1 aliphatic heterocycles. The Morgan fingerprint density at radius 1 is 1.39 bits per heavy atom. The van der Waals surface area contributed by atoms with Crippen LogP contribution in [-0.4, -0.2) is 21.5 Å². The van der Waals surface area contributed by atoms with Crippen LogP contribution < -0.4 is 10.9 Å². The molecular weight excluding hydrogens is 228 g/mol. The molecule has 0 atom stereocenters. The van der Waals surface area contributed by atoms with E-state index in [9.17, 15) is 4.79 Å². The molecule has 0 saturated carbocycles. The number of nitrogens with one attached hydrogen (secondary N) is 2. The molecule has 0 saturated heterocycles. The fourth-order valence-electron chi connectivity index (χ4n) is 2.20. The first-order chi connectivity index (χ1) is 8.83. The molecule has 0 bridgehead atoms. The SMILES string of the molecule is O=c1[nH]c(Cc2cccnc2)nc2c1CCNC2. The highest BCUT2D eigenvalue weighted by Gasteiger charge is 2.14. The molecule has 18 heavy (non-hydrogen) atoms. The lowest BCUT2D eigenvalue weighted by atomic mass is 10.1. The summed E-state index contributed by atoms with van der Waals surface area (Å²) in [6, 6.07) is 3.86. The molecule has 5 heteroatoms. The minimum absolute atomic E-state index is 0.000361. The molecule has 3 heterocycles. The van der Waals surface area contributed by atoms with Gasteiger partial charge in [0.05, 0.1) is 5.69 Å². The van der Waals surface area contributed by atoms with Crippen LogP contribution in [0.25, 0.3) is 0 Å². The number of aromatic nitrogens is 3. The van der Waals surface area contributed by atoms with E-state index < -0.39 is 0 Å². The van der Waals surface area contributed by atoms with E-state index in [-0.39, 0.29) is 5.56 Å². The lowest BCUT2D eigenvalue weighted by Gasteiger charge is -2.15. The third-order valence-corrected chi connectivity index (χ3v) is 3.09. The highest BCUT2D eigenvalue weighted by atomic mass is 16.1. The number of nitrogens with zero attached hydrogens (tertiary/aromatic N) is 2. The summed E-state index contributed by atoms with van der Waals surface area (Å²) in [7, 11) is 0. The Balaban J connectivity index is 1.94. The maximum Gasteiger partial charge on any atom is 0.254 e. The number of H-pyrrole nitrogens is 1. The van der Waals surface area contributed by atoms with E-state index in [1.54, 1.807) is 12.4 Å². The number of fused-ring (bicyclic) bond motifs is 1. The van der Waals surface area contributed by atoms with Gasteiger partial charge in [0.1, 0.15) is 5.82 Å². The van der Waals surface area contributed by atoms with Gasteiger partial charge in [-0.1, -0.05) is 6.07 Å². The Morgan fingerprint density at radius 3 is 3.17 bits per heavy atom. The average molecular weight is 242 g/mol. The Labute approximate surface area is 104 Å². The van der Waals surface area contributed by atoms with E-state index in [4.69, 9.17) is 0 Å². The second-order valence-electron chi connectivity index (χ2n) is 4.40. The quantitative estimate of drug-likeness (QED) is 0.799. The van der Waals surface area contributed by atoms with Crippen molar-refractivity contribution in [2.45, 2.75) is 19.4 Å². The van der Waals surface area contributed by atoms with E-state index in [1.165, 1.54) is 0 Å². The van der Waals surface area contributed by atoms with Crippen molar-refractivity contribution < 1.29 is 0 Å². The van der Waals surface area contributed by atoms with Crippen molar-refractivity contribution in [1.82, 2.24) is 20.3 Å². The Morgan fingerprint density at radius 2 is 2.33 bits per heavy atom. The van der Waals surface area contributed by atoms with E-state index in [1.807, 2.05) is 12.1 Å². The van der Waals surface area contributed by atoms with Crippen LogP contribution >= 0.6 is 0 Å². The summed E-state index contributed by atoms with van der Waals surface area (Å²) >= 11 is 0.